The number of phenols is 1. The van der Waals surface area contributed by atoms with Gasteiger partial charge in [0.15, 0.2) is 5.78 Å². The zero-order valence-corrected chi connectivity index (χ0v) is 8.82. The third-order valence-corrected chi connectivity index (χ3v) is 2.19. The molecule has 1 aromatic carbocycles. The second-order valence-corrected chi connectivity index (χ2v) is 3.20. The Balaban J connectivity index is 3.31. The van der Waals surface area contributed by atoms with E-state index < -0.39 is 28.0 Å². The van der Waals surface area contributed by atoms with Gasteiger partial charge in [0.2, 0.25) is 5.82 Å². The molecule has 80 valence electrons. The van der Waals surface area contributed by atoms with Crippen LogP contribution in [0.25, 0.3) is 0 Å². The highest BCUT2D eigenvalue weighted by atomic mass is 79.9. The van der Waals surface area contributed by atoms with Crippen molar-refractivity contribution in [1.82, 2.24) is 0 Å². The number of ketones is 1. The lowest BCUT2D eigenvalue weighted by Crippen LogP contribution is -2.03. The molecule has 0 unspecified atom stereocenters. The first-order valence-electron chi connectivity index (χ1n) is 3.73. The number of nitro benzene ring substituents is 1. The Morgan fingerprint density at radius 1 is 1.60 bits per heavy atom. The van der Waals surface area contributed by atoms with Crippen molar-refractivity contribution in [3.05, 3.63) is 33.6 Å². The van der Waals surface area contributed by atoms with Crippen LogP contribution in [-0.2, 0) is 0 Å². The van der Waals surface area contributed by atoms with Gasteiger partial charge in [-0.15, -0.1) is 0 Å². The fourth-order valence-electron chi connectivity index (χ4n) is 0.986. The highest BCUT2D eigenvalue weighted by Crippen LogP contribution is 2.27. The molecule has 0 aliphatic carbocycles. The zero-order chi connectivity index (χ0) is 11.6. The number of phenolic OH excluding ortho intramolecular Hbond substituents is 1. The molecule has 1 rings (SSSR count). The lowest BCUT2D eigenvalue weighted by Gasteiger charge is -2.01. The molecule has 0 amide bonds. The first-order chi connectivity index (χ1) is 6.97. The summed E-state index contributed by atoms with van der Waals surface area (Å²) in [6, 6.07) is 1.27. The summed E-state index contributed by atoms with van der Waals surface area (Å²) in [6.45, 7) is 0. The molecule has 15 heavy (non-hydrogen) atoms. The Morgan fingerprint density at radius 2 is 2.20 bits per heavy atom. The topological polar surface area (TPSA) is 80.4 Å². The number of nitro groups is 1. The van der Waals surface area contributed by atoms with E-state index in [0.717, 1.165) is 0 Å². The van der Waals surface area contributed by atoms with Gasteiger partial charge in [-0.25, -0.2) is 0 Å². The molecular weight excluding hydrogens is 273 g/mol. The van der Waals surface area contributed by atoms with Gasteiger partial charge >= 0.3 is 5.69 Å². The van der Waals surface area contributed by atoms with Gasteiger partial charge in [0.25, 0.3) is 0 Å². The van der Waals surface area contributed by atoms with Gasteiger partial charge in [0.05, 0.1) is 21.9 Å². The number of carbonyl (C=O) groups is 1. The normalized spacial score (nSPS) is 10.0. The highest BCUT2D eigenvalue weighted by molar-refractivity contribution is 9.09. The molecule has 7 heteroatoms. The number of aromatic hydroxyl groups is 1. The van der Waals surface area contributed by atoms with E-state index in [2.05, 4.69) is 15.9 Å². The summed E-state index contributed by atoms with van der Waals surface area (Å²) in [5.74, 6) is -2.31. The van der Waals surface area contributed by atoms with E-state index in [1.54, 1.807) is 0 Å². The molecule has 0 saturated carbocycles. The number of benzene rings is 1. The molecule has 0 bridgehead atoms. The van der Waals surface area contributed by atoms with Crippen LogP contribution < -0.4 is 0 Å². The monoisotopic (exact) mass is 277 g/mol. The predicted molar refractivity (Wildman–Crippen MR) is 52.8 cm³/mol. The van der Waals surface area contributed by atoms with Gasteiger partial charge in [-0.1, -0.05) is 15.9 Å². The third kappa shape index (κ3) is 2.30. The number of hydrogen-bond donors (Lipinski definition) is 1. The summed E-state index contributed by atoms with van der Waals surface area (Å²) < 4.78 is 13.1. The molecule has 1 N–H and O–H groups in total. The molecule has 0 radical (unpaired) electrons. The summed E-state index contributed by atoms with van der Waals surface area (Å²) in [4.78, 5) is 20.4. The van der Waals surface area contributed by atoms with Crippen LogP contribution in [0.3, 0.4) is 0 Å². The minimum Gasteiger partial charge on any atom is -0.507 e. The predicted octanol–water partition coefficient (Wildman–Crippen LogP) is 2.02. The van der Waals surface area contributed by atoms with Gasteiger partial charge in [0.1, 0.15) is 5.75 Å². The summed E-state index contributed by atoms with van der Waals surface area (Å²) in [5.41, 5.74) is -1.14. The van der Waals surface area contributed by atoms with Crippen molar-refractivity contribution >= 4 is 27.4 Å². The van der Waals surface area contributed by atoms with E-state index in [4.69, 9.17) is 0 Å². The van der Waals surface area contributed by atoms with E-state index in [9.17, 15) is 24.4 Å². The molecule has 0 aromatic heterocycles. The molecule has 5 nitrogen and oxygen atoms in total. The Labute approximate surface area is 91.8 Å². The van der Waals surface area contributed by atoms with Crippen LogP contribution in [0.5, 0.6) is 5.75 Å². The number of hydrogen-bond acceptors (Lipinski definition) is 4. The SMILES string of the molecule is O=C(CBr)c1cc(F)c([N+](=O)[O-])cc1O. The Morgan fingerprint density at radius 3 is 2.67 bits per heavy atom. The third-order valence-electron chi connectivity index (χ3n) is 1.68. The molecule has 1 aromatic rings. The van der Waals surface area contributed by atoms with Crippen LogP contribution in [0, 0.1) is 15.9 Å². The van der Waals surface area contributed by atoms with Crippen molar-refractivity contribution in [2.45, 2.75) is 0 Å². The average molecular weight is 278 g/mol. The standard InChI is InChI=1S/C8H5BrFNO4/c9-3-8(13)4-1-5(10)6(11(14)15)2-7(4)12/h1-2,12H,3H2. The number of carbonyl (C=O) groups excluding carboxylic acids is 1. The maximum atomic E-state index is 13.1. The second kappa shape index (κ2) is 4.35. The van der Waals surface area contributed by atoms with E-state index in [1.807, 2.05) is 0 Å². The van der Waals surface area contributed by atoms with Gasteiger partial charge in [-0.05, 0) is 6.07 Å². The fourth-order valence-corrected chi connectivity index (χ4v) is 1.29. The number of nitrogens with zero attached hydrogens (tertiary/aromatic N) is 1. The van der Waals surface area contributed by atoms with Crippen molar-refractivity contribution in [3.8, 4) is 5.75 Å². The second-order valence-electron chi connectivity index (χ2n) is 2.63. The van der Waals surface area contributed by atoms with Crippen molar-refractivity contribution in [2.24, 2.45) is 0 Å². The fraction of sp³-hybridized carbons (Fsp3) is 0.125. The summed E-state index contributed by atoms with van der Waals surface area (Å²) in [6.07, 6.45) is 0. The van der Waals surface area contributed by atoms with Gasteiger partial charge < -0.3 is 5.11 Å². The van der Waals surface area contributed by atoms with Crippen molar-refractivity contribution < 1.29 is 19.2 Å². The quantitative estimate of drug-likeness (QED) is 0.397. The Kier molecular flexibility index (Phi) is 3.35. The number of alkyl halides is 1. The van der Waals surface area contributed by atoms with Crippen LogP contribution in [0.2, 0.25) is 0 Å². The summed E-state index contributed by atoms with van der Waals surface area (Å²) in [5, 5.41) is 19.4. The lowest BCUT2D eigenvalue weighted by atomic mass is 10.1. The summed E-state index contributed by atoms with van der Waals surface area (Å²) >= 11 is 2.84. The number of halogens is 2. The maximum absolute atomic E-state index is 13.1. The van der Waals surface area contributed by atoms with Crippen molar-refractivity contribution in [3.63, 3.8) is 0 Å². The first-order valence-corrected chi connectivity index (χ1v) is 4.85. The van der Waals surface area contributed by atoms with E-state index >= 15 is 0 Å². The number of Topliss-reactive ketones (excluding diaryl/α,β-unsaturated/α-hetero) is 1. The molecular formula is C8H5BrFNO4. The molecule has 0 heterocycles. The lowest BCUT2D eigenvalue weighted by molar-refractivity contribution is -0.387. The van der Waals surface area contributed by atoms with Crippen LogP contribution in [-0.4, -0.2) is 21.1 Å². The van der Waals surface area contributed by atoms with Crippen molar-refractivity contribution in [2.75, 3.05) is 5.33 Å². The molecule has 0 aliphatic rings. The van der Waals surface area contributed by atoms with Gasteiger partial charge in [-0.3, -0.25) is 14.9 Å². The minimum atomic E-state index is -1.15. The van der Waals surface area contributed by atoms with Gasteiger partial charge in [-0.2, -0.15) is 4.39 Å². The smallest absolute Gasteiger partial charge is 0.308 e. The average Bonchev–Trinajstić information content (AvgIpc) is 2.19. The van der Waals surface area contributed by atoms with Gasteiger partial charge in [0, 0.05) is 0 Å². The van der Waals surface area contributed by atoms with E-state index in [-0.39, 0.29) is 10.9 Å². The highest BCUT2D eigenvalue weighted by Gasteiger charge is 2.20. The molecule has 0 atom stereocenters. The minimum absolute atomic E-state index is 0.0994. The largest absolute Gasteiger partial charge is 0.507 e. The van der Waals surface area contributed by atoms with Crippen LogP contribution in [0.1, 0.15) is 10.4 Å². The maximum Gasteiger partial charge on any atom is 0.308 e. The number of rotatable bonds is 3. The summed E-state index contributed by atoms with van der Waals surface area (Å²) in [7, 11) is 0. The van der Waals surface area contributed by atoms with Crippen LogP contribution >= 0.6 is 15.9 Å². The molecule has 0 saturated heterocycles. The molecule has 0 spiro atoms. The van der Waals surface area contributed by atoms with Crippen molar-refractivity contribution in [1.29, 1.82) is 0 Å². The molecule has 0 fully saturated rings. The Hall–Kier alpha value is -1.50. The Bertz CT molecular complexity index is 435. The zero-order valence-electron chi connectivity index (χ0n) is 7.24. The van der Waals surface area contributed by atoms with E-state index in [0.29, 0.717) is 12.1 Å². The first kappa shape index (κ1) is 11.6. The molecule has 0 aliphatic heterocycles. The van der Waals surface area contributed by atoms with Crippen LogP contribution in [0.4, 0.5) is 10.1 Å². The van der Waals surface area contributed by atoms with Crippen LogP contribution in [0.15, 0.2) is 12.1 Å². The van der Waals surface area contributed by atoms with E-state index in [1.165, 1.54) is 0 Å².